The van der Waals surface area contributed by atoms with E-state index < -0.39 is 0 Å². The maximum atomic E-state index is 13.1. The molecule has 2 aromatic carbocycles. The zero-order chi connectivity index (χ0) is 20.0. The minimum atomic E-state index is -0.303. The van der Waals surface area contributed by atoms with Crippen molar-refractivity contribution in [2.45, 2.75) is 6.92 Å². The normalized spacial score (nSPS) is 12.1. The van der Waals surface area contributed by atoms with E-state index >= 15 is 0 Å². The van der Waals surface area contributed by atoms with Crippen LogP contribution in [0.25, 0.3) is 33.7 Å². The minimum Gasteiger partial charge on any atom is -0.457 e. The molecule has 3 aromatic heterocycles. The van der Waals surface area contributed by atoms with Crippen molar-refractivity contribution in [3.05, 3.63) is 92.7 Å². The van der Waals surface area contributed by atoms with E-state index in [1.807, 2.05) is 31.2 Å². The molecule has 0 amide bonds. The summed E-state index contributed by atoms with van der Waals surface area (Å²) in [5.74, 6) is 1.36. The van der Waals surface area contributed by atoms with Crippen LogP contribution in [0.2, 0.25) is 0 Å². The van der Waals surface area contributed by atoms with Crippen molar-refractivity contribution in [3.63, 3.8) is 0 Å². The van der Waals surface area contributed by atoms with Gasteiger partial charge in [0.15, 0.2) is 5.82 Å². The smallest absolute Gasteiger partial charge is 0.291 e. The Morgan fingerprint density at radius 3 is 2.66 bits per heavy atom. The number of nitrogens with zero attached hydrogens (tertiary/aromatic N) is 3. The van der Waals surface area contributed by atoms with Gasteiger partial charge in [0.2, 0.25) is 4.96 Å². The Morgan fingerprint density at radius 2 is 1.90 bits per heavy atom. The van der Waals surface area contributed by atoms with Crippen LogP contribution in [0.5, 0.6) is 0 Å². The fraction of sp³-hybridized carbons (Fsp3) is 0.0455. The Kier molecular flexibility index (Phi) is 4.10. The molecule has 0 atom stereocenters. The lowest BCUT2D eigenvalue weighted by Crippen LogP contribution is -2.23. The van der Waals surface area contributed by atoms with Gasteiger partial charge in [-0.05, 0) is 49.4 Å². The van der Waals surface area contributed by atoms with E-state index in [0.29, 0.717) is 26.8 Å². The number of hydrogen-bond donors (Lipinski definition) is 0. The Labute approximate surface area is 168 Å². The first-order chi connectivity index (χ1) is 14.1. The van der Waals surface area contributed by atoms with Gasteiger partial charge in [-0.15, -0.1) is 5.10 Å². The quantitative estimate of drug-likeness (QED) is 0.456. The molecule has 0 radical (unpaired) electrons. The summed E-state index contributed by atoms with van der Waals surface area (Å²) >= 11 is 1.26. The molecule has 0 saturated carbocycles. The van der Waals surface area contributed by atoms with Crippen molar-refractivity contribution in [3.8, 4) is 22.7 Å². The highest BCUT2D eigenvalue weighted by Gasteiger charge is 2.12. The molecule has 0 saturated heterocycles. The first kappa shape index (κ1) is 17.5. The second kappa shape index (κ2) is 6.79. The molecule has 3 heterocycles. The molecule has 0 unspecified atom stereocenters. The molecular formula is C22H14FN3O2S. The highest BCUT2D eigenvalue weighted by Crippen LogP contribution is 2.23. The third-order valence-electron chi connectivity index (χ3n) is 4.49. The maximum Gasteiger partial charge on any atom is 0.291 e. The van der Waals surface area contributed by atoms with Crippen molar-refractivity contribution in [2.24, 2.45) is 0 Å². The summed E-state index contributed by atoms with van der Waals surface area (Å²) in [7, 11) is 0. The second-order valence-corrected chi connectivity index (χ2v) is 7.63. The highest BCUT2D eigenvalue weighted by molar-refractivity contribution is 7.15. The predicted molar refractivity (Wildman–Crippen MR) is 110 cm³/mol. The van der Waals surface area contributed by atoms with Crippen LogP contribution in [-0.2, 0) is 0 Å². The van der Waals surface area contributed by atoms with Gasteiger partial charge in [-0.3, -0.25) is 4.79 Å². The molecule has 0 bridgehead atoms. The summed E-state index contributed by atoms with van der Waals surface area (Å²) in [4.78, 5) is 17.7. The van der Waals surface area contributed by atoms with Gasteiger partial charge >= 0.3 is 0 Å². The summed E-state index contributed by atoms with van der Waals surface area (Å²) in [5.41, 5.74) is 2.50. The van der Waals surface area contributed by atoms with Gasteiger partial charge in [-0.1, -0.05) is 35.1 Å². The van der Waals surface area contributed by atoms with E-state index in [2.05, 4.69) is 10.1 Å². The lowest BCUT2D eigenvalue weighted by atomic mass is 10.1. The maximum absolute atomic E-state index is 13.1. The Balaban J connectivity index is 1.52. The minimum absolute atomic E-state index is 0.240. The molecule has 0 N–H and O–H groups in total. The van der Waals surface area contributed by atoms with Crippen LogP contribution >= 0.6 is 11.3 Å². The van der Waals surface area contributed by atoms with Crippen LogP contribution < -0.4 is 10.1 Å². The monoisotopic (exact) mass is 403 g/mol. The number of halogens is 1. The molecule has 0 aliphatic rings. The molecule has 142 valence electrons. The summed E-state index contributed by atoms with van der Waals surface area (Å²) in [6.45, 7) is 2.00. The molecule has 5 nitrogen and oxygen atoms in total. The molecule has 29 heavy (non-hydrogen) atoms. The molecule has 5 aromatic rings. The molecule has 0 spiro atoms. The fourth-order valence-electron chi connectivity index (χ4n) is 3.07. The van der Waals surface area contributed by atoms with E-state index in [4.69, 9.17) is 4.42 Å². The molecule has 7 heteroatoms. The first-order valence-corrected chi connectivity index (χ1v) is 9.72. The number of aryl methyl sites for hydroxylation is 1. The van der Waals surface area contributed by atoms with Gasteiger partial charge in [0.25, 0.3) is 5.56 Å². The average Bonchev–Trinajstić information content (AvgIpc) is 3.41. The number of benzene rings is 2. The standard InChI is InChI=1S/C22H14FN3O2S/c1-13-3-2-4-15(11-13)20-24-22-26(25-20)21(27)19(29-22)12-17-9-10-18(28-17)14-5-7-16(23)8-6-14/h2-12H,1H3. The fourth-order valence-corrected chi connectivity index (χ4v) is 3.96. The number of fused-ring (bicyclic) bond motifs is 1. The van der Waals surface area contributed by atoms with E-state index in [1.54, 1.807) is 30.3 Å². The number of thiazole rings is 1. The topological polar surface area (TPSA) is 60.4 Å². The third kappa shape index (κ3) is 3.25. The van der Waals surface area contributed by atoms with Gasteiger partial charge in [0.05, 0.1) is 0 Å². The van der Waals surface area contributed by atoms with Crippen LogP contribution in [0.1, 0.15) is 11.3 Å². The first-order valence-electron chi connectivity index (χ1n) is 8.91. The zero-order valence-electron chi connectivity index (χ0n) is 15.3. The SMILES string of the molecule is Cc1cccc(-c2nc3sc(=Cc4ccc(-c5ccc(F)cc5)o4)c(=O)n3n2)c1. The molecule has 0 aliphatic heterocycles. The van der Waals surface area contributed by atoms with Crippen molar-refractivity contribution in [2.75, 3.05) is 0 Å². The predicted octanol–water partition coefficient (Wildman–Crippen LogP) is 4.07. The van der Waals surface area contributed by atoms with Crippen LogP contribution in [0, 0.1) is 12.7 Å². The van der Waals surface area contributed by atoms with Crippen LogP contribution in [0.15, 0.2) is 69.9 Å². The van der Waals surface area contributed by atoms with Crippen LogP contribution in [0.3, 0.4) is 0 Å². The van der Waals surface area contributed by atoms with Crippen LogP contribution in [0.4, 0.5) is 4.39 Å². The largest absolute Gasteiger partial charge is 0.457 e. The molecule has 0 fully saturated rings. The number of rotatable bonds is 3. The number of aromatic nitrogens is 3. The Morgan fingerprint density at radius 1 is 1.07 bits per heavy atom. The van der Waals surface area contributed by atoms with Crippen molar-refractivity contribution in [1.29, 1.82) is 0 Å². The van der Waals surface area contributed by atoms with E-state index in [1.165, 1.54) is 28.0 Å². The van der Waals surface area contributed by atoms with E-state index in [-0.39, 0.29) is 11.4 Å². The number of hydrogen-bond acceptors (Lipinski definition) is 5. The lowest BCUT2D eigenvalue weighted by Gasteiger charge is -1.96. The Hall–Kier alpha value is -3.58. The van der Waals surface area contributed by atoms with Crippen molar-refractivity contribution < 1.29 is 8.81 Å². The summed E-state index contributed by atoms with van der Waals surface area (Å²) < 4.78 is 20.7. The summed E-state index contributed by atoms with van der Waals surface area (Å²) in [5, 5.41) is 4.36. The zero-order valence-corrected chi connectivity index (χ0v) is 16.1. The summed E-state index contributed by atoms with van der Waals surface area (Å²) in [6, 6.07) is 17.4. The van der Waals surface area contributed by atoms with E-state index in [0.717, 1.165) is 16.7 Å². The van der Waals surface area contributed by atoms with Gasteiger partial charge in [-0.2, -0.15) is 9.50 Å². The van der Waals surface area contributed by atoms with Gasteiger partial charge in [0, 0.05) is 17.2 Å². The van der Waals surface area contributed by atoms with Gasteiger partial charge < -0.3 is 4.42 Å². The lowest BCUT2D eigenvalue weighted by molar-refractivity contribution is 0.571. The average molecular weight is 403 g/mol. The summed E-state index contributed by atoms with van der Waals surface area (Å²) in [6.07, 6.45) is 1.67. The molecule has 0 aliphatic carbocycles. The van der Waals surface area contributed by atoms with Crippen molar-refractivity contribution in [1.82, 2.24) is 14.6 Å². The van der Waals surface area contributed by atoms with Gasteiger partial charge in [0.1, 0.15) is 21.9 Å². The highest BCUT2D eigenvalue weighted by atomic mass is 32.1. The molecular weight excluding hydrogens is 389 g/mol. The molecule has 5 rings (SSSR count). The second-order valence-electron chi connectivity index (χ2n) is 6.62. The third-order valence-corrected chi connectivity index (χ3v) is 5.45. The Bertz CT molecular complexity index is 1450. The number of furan rings is 1. The van der Waals surface area contributed by atoms with Crippen molar-refractivity contribution >= 4 is 22.4 Å². The van der Waals surface area contributed by atoms with Crippen LogP contribution in [-0.4, -0.2) is 14.6 Å². The van der Waals surface area contributed by atoms with E-state index in [9.17, 15) is 9.18 Å². The van der Waals surface area contributed by atoms with Gasteiger partial charge in [-0.25, -0.2) is 4.39 Å².